The van der Waals surface area contributed by atoms with Crippen molar-refractivity contribution in [1.82, 2.24) is 0 Å². The van der Waals surface area contributed by atoms with E-state index in [2.05, 4.69) is 0 Å². The number of nitro benzene ring substituents is 1. The van der Waals surface area contributed by atoms with Gasteiger partial charge in [-0.05, 0) is 17.7 Å². The van der Waals surface area contributed by atoms with Crippen LogP contribution in [0.1, 0.15) is 5.56 Å². The highest BCUT2D eigenvalue weighted by molar-refractivity contribution is 7.92. The topological polar surface area (TPSA) is 121 Å². The molecule has 0 bridgehead atoms. The summed E-state index contributed by atoms with van der Waals surface area (Å²) in [5, 5.41) is 11.1. The van der Waals surface area contributed by atoms with Crippen molar-refractivity contribution in [3.63, 3.8) is 0 Å². The number of nitrogens with zero attached hydrogens (tertiary/aromatic N) is 1. The number of rotatable bonds is 7. The maximum atomic E-state index is 12.6. The average molecular weight is 451 g/mol. The second kappa shape index (κ2) is 8.69. The Bertz CT molecular complexity index is 1050. The normalized spacial score (nSPS) is 12.9. The summed E-state index contributed by atoms with van der Waals surface area (Å²) in [6.07, 6.45) is 0. The summed E-state index contributed by atoms with van der Waals surface area (Å²) in [5.41, 5.74) is -6.15. The van der Waals surface area contributed by atoms with Crippen molar-refractivity contribution in [2.75, 3.05) is 5.75 Å². The van der Waals surface area contributed by atoms with Gasteiger partial charge in [0.15, 0.2) is 0 Å². The number of alkyl halides is 3. The molecule has 0 N–H and O–H groups in total. The molecule has 0 amide bonds. The van der Waals surface area contributed by atoms with Crippen LogP contribution >= 0.6 is 0 Å². The van der Waals surface area contributed by atoms with E-state index in [1.807, 2.05) is 0 Å². The van der Waals surface area contributed by atoms with Crippen molar-refractivity contribution < 1.29 is 40.3 Å². The fourth-order valence-corrected chi connectivity index (χ4v) is 3.92. The van der Waals surface area contributed by atoms with E-state index in [1.54, 1.807) is 30.3 Å². The van der Waals surface area contributed by atoms with Crippen LogP contribution in [0, 0.1) is 10.1 Å². The number of benzene rings is 2. The molecule has 0 saturated carbocycles. The molecule has 0 aliphatic rings. The number of nitro groups is 1. The van der Waals surface area contributed by atoms with E-state index < -0.39 is 58.3 Å². The van der Waals surface area contributed by atoms with E-state index in [0.717, 1.165) is 0 Å². The zero-order valence-corrected chi connectivity index (χ0v) is 15.9. The van der Waals surface area contributed by atoms with Crippen LogP contribution in [0.5, 0.6) is 0 Å². The highest BCUT2D eigenvalue weighted by Crippen LogP contribution is 2.34. The summed E-state index contributed by atoms with van der Waals surface area (Å²) in [7, 11) is -8.18. The molecule has 29 heavy (non-hydrogen) atoms. The Balaban J connectivity index is 2.21. The van der Waals surface area contributed by atoms with Gasteiger partial charge in [0.25, 0.3) is 15.5 Å². The molecule has 8 nitrogen and oxygen atoms in total. The minimum atomic E-state index is -5.83. The molecular formula is C16H12F3NO7S2. The molecule has 0 aliphatic carbocycles. The SMILES string of the molecule is O=C(CS(=O)c1ccc(S(=O)(=O)C(F)(F)F)cc1[N+](=O)[O-])OCc1ccccc1. The Kier molecular flexibility index (Phi) is 6.74. The maximum absolute atomic E-state index is 12.6. The first-order valence-electron chi connectivity index (χ1n) is 7.61. The van der Waals surface area contributed by atoms with Crippen molar-refractivity contribution in [3.05, 3.63) is 64.2 Å². The van der Waals surface area contributed by atoms with Crippen LogP contribution in [0.15, 0.2) is 58.3 Å². The van der Waals surface area contributed by atoms with Gasteiger partial charge in [-0.15, -0.1) is 0 Å². The fourth-order valence-electron chi connectivity index (χ4n) is 2.10. The maximum Gasteiger partial charge on any atom is 0.501 e. The largest absolute Gasteiger partial charge is 0.501 e. The highest BCUT2D eigenvalue weighted by atomic mass is 32.2. The molecule has 0 aromatic heterocycles. The number of carbonyl (C=O) groups is 1. The molecule has 2 rings (SSSR count). The Hall–Kier alpha value is -2.80. The number of esters is 1. The summed E-state index contributed by atoms with van der Waals surface area (Å²) < 4.78 is 77.9. The van der Waals surface area contributed by atoms with Gasteiger partial charge in [0.1, 0.15) is 17.3 Å². The summed E-state index contributed by atoms with van der Waals surface area (Å²) in [6, 6.07) is 9.66. The van der Waals surface area contributed by atoms with E-state index in [-0.39, 0.29) is 12.7 Å². The van der Waals surface area contributed by atoms with Gasteiger partial charge in [0.05, 0.1) is 20.6 Å². The molecule has 1 atom stereocenters. The lowest BCUT2D eigenvalue weighted by molar-refractivity contribution is -0.388. The Morgan fingerprint density at radius 3 is 2.31 bits per heavy atom. The van der Waals surface area contributed by atoms with Gasteiger partial charge in [-0.3, -0.25) is 19.1 Å². The Morgan fingerprint density at radius 2 is 1.76 bits per heavy atom. The number of carbonyl (C=O) groups excluding carboxylic acids is 1. The van der Waals surface area contributed by atoms with Gasteiger partial charge in [-0.2, -0.15) is 13.2 Å². The zero-order chi connectivity index (χ0) is 21.8. The standard InChI is InChI=1S/C16H12F3NO7S2/c17-16(18,19)29(25,26)12-6-7-14(13(8-12)20(22)23)28(24)10-15(21)27-9-11-4-2-1-3-5-11/h1-8H,9-10H2. The molecule has 1 unspecified atom stereocenters. The van der Waals surface area contributed by atoms with Crippen LogP contribution in [0.3, 0.4) is 0 Å². The lowest BCUT2D eigenvalue weighted by atomic mass is 10.2. The number of halogens is 3. The predicted molar refractivity (Wildman–Crippen MR) is 93.9 cm³/mol. The van der Waals surface area contributed by atoms with Crippen LogP contribution in [-0.2, 0) is 36.8 Å². The second-order valence-electron chi connectivity index (χ2n) is 5.47. The van der Waals surface area contributed by atoms with Crippen LogP contribution in [0.25, 0.3) is 0 Å². The van der Waals surface area contributed by atoms with Gasteiger partial charge >= 0.3 is 11.5 Å². The summed E-state index contributed by atoms with van der Waals surface area (Å²) in [5.74, 6) is -1.77. The van der Waals surface area contributed by atoms with Crippen molar-refractivity contribution in [2.24, 2.45) is 0 Å². The van der Waals surface area contributed by atoms with Gasteiger partial charge in [0, 0.05) is 6.07 Å². The van der Waals surface area contributed by atoms with Crippen LogP contribution in [0.4, 0.5) is 18.9 Å². The number of hydrogen-bond donors (Lipinski definition) is 0. The van der Waals surface area contributed by atoms with E-state index in [1.165, 1.54) is 0 Å². The Morgan fingerprint density at radius 1 is 1.14 bits per heavy atom. The molecule has 0 aliphatic heterocycles. The van der Waals surface area contributed by atoms with Crippen molar-refractivity contribution in [3.8, 4) is 0 Å². The van der Waals surface area contributed by atoms with Crippen LogP contribution in [-0.4, -0.2) is 34.8 Å². The molecule has 0 heterocycles. The van der Waals surface area contributed by atoms with E-state index in [4.69, 9.17) is 4.74 Å². The molecule has 2 aromatic rings. The quantitative estimate of drug-likeness (QED) is 0.361. The minimum Gasteiger partial charge on any atom is -0.460 e. The molecule has 0 spiro atoms. The fraction of sp³-hybridized carbons (Fsp3) is 0.188. The number of ether oxygens (including phenoxy) is 1. The zero-order valence-electron chi connectivity index (χ0n) is 14.3. The average Bonchev–Trinajstić information content (AvgIpc) is 2.65. The van der Waals surface area contributed by atoms with Crippen molar-refractivity contribution in [2.45, 2.75) is 21.9 Å². The Labute approximate surface area is 164 Å². The van der Waals surface area contributed by atoms with Gasteiger partial charge < -0.3 is 4.74 Å². The first kappa shape index (κ1) is 22.5. The van der Waals surface area contributed by atoms with E-state index in [0.29, 0.717) is 17.7 Å². The molecule has 0 saturated heterocycles. The van der Waals surface area contributed by atoms with Crippen molar-refractivity contribution >= 4 is 32.3 Å². The molecule has 13 heteroatoms. The third-order valence-corrected chi connectivity index (χ3v) is 6.30. The third kappa shape index (κ3) is 5.38. The van der Waals surface area contributed by atoms with Gasteiger partial charge in [0.2, 0.25) is 0 Å². The van der Waals surface area contributed by atoms with Crippen LogP contribution < -0.4 is 0 Å². The summed E-state index contributed by atoms with van der Waals surface area (Å²) in [6.45, 7) is -0.137. The molecule has 156 valence electrons. The smallest absolute Gasteiger partial charge is 0.460 e. The summed E-state index contributed by atoms with van der Waals surface area (Å²) in [4.78, 5) is 19.8. The molecular weight excluding hydrogens is 439 g/mol. The van der Waals surface area contributed by atoms with E-state index in [9.17, 15) is 40.7 Å². The van der Waals surface area contributed by atoms with Crippen LogP contribution in [0.2, 0.25) is 0 Å². The number of sulfone groups is 1. The predicted octanol–water partition coefficient (Wildman–Crippen LogP) is 2.74. The second-order valence-corrected chi connectivity index (χ2v) is 8.83. The lowest BCUT2D eigenvalue weighted by Gasteiger charge is -2.09. The third-order valence-electron chi connectivity index (χ3n) is 3.48. The molecule has 2 aromatic carbocycles. The minimum absolute atomic E-state index is 0.137. The van der Waals surface area contributed by atoms with Gasteiger partial charge in [-0.25, -0.2) is 8.42 Å². The first-order valence-corrected chi connectivity index (χ1v) is 10.4. The lowest BCUT2D eigenvalue weighted by Crippen LogP contribution is -2.23. The first-order chi connectivity index (χ1) is 13.4. The highest BCUT2D eigenvalue weighted by Gasteiger charge is 2.47. The number of hydrogen-bond acceptors (Lipinski definition) is 7. The van der Waals surface area contributed by atoms with Gasteiger partial charge in [-0.1, -0.05) is 30.3 Å². The van der Waals surface area contributed by atoms with E-state index >= 15 is 0 Å². The monoisotopic (exact) mass is 451 g/mol. The van der Waals surface area contributed by atoms with Crippen molar-refractivity contribution in [1.29, 1.82) is 0 Å². The molecule has 0 fully saturated rings. The summed E-state index contributed by atoms with van der Waals surface area (Å²) >= 11 is 0. The molecule has 0 radical (unpaired) electrons.